The Balaban J connectivity index is 1.96. The van der Waals surface area contributed by atoms with E-state index in [1.807, 2.05) is 24.3 Å². The Bertz CT molecular complexity index is 1060. The summed E-state index contributed by atoms with van der Waals surface area (Å²) in [5, 5.41) is 20.4. The van der Waals surface area contributed by atoms with Gasteiger partial charge in [0.2, 0.25) is 0 Å². The molecule has 0 atom stereocenters. The van der Waals surface area contributed by atoms with Crippen LogP contribution in [0.4, 0.5) is 5.69 Å². The summed E-state index contributed by atoms with van der Waals surface area (Å²) in [6, 6.07) is 17.3. The van der Waals surface area contributed by atoms with Crippen LogP contribution in [0.5, 0.6) is 5.75 Å². The lowest BCUT2D eigenvalue weighted by molar-refractivity contribution is -0.384. The van der Waals surface area contributed by atoms with Gasteiger partial charge in [-0.05, 0) is 42.0 Å². The number of benzene rings is 2. The van der Waals surface area contributed by atoms with Crippen molar-refractivity contribution in [1.82, 2.24) is 0 Å². The Morgan fingerprint density at radius 3 is 2.59 bits per heavy atom. The number of nitriles is 1. The number of hydrogen-bond donors (Lipinski definition) is 0. The van der Waals surface area contributed by atoms with Gasteiger partial charge in [0.05, 0.1) is 35.3 Å². The quantitative estimate of drug-likeness (QED) is 0.298. The summed E-state index contributed by atoms with van der Waals surface area (Å²) in [4.78, 5) is 10.4. The van der Waals surface area contributed by atoms with Gasteiger partial charge >= 0.3 is 0 Å². The molecule has 0 fully saturated rings. The molecule has 27 heavy (non-hydrogen) atoms. The fourth-order valence-corrected chi connectivity index (χ4v) is 2.79. The van der Waals surface area contributed by atoms with Gasteiger partial charge in [0, 0.05) is 10.5 Å². The maximum Gasteiger partial charge on any atom is 0.273 e. The number of ether oxygens (including phenoxy) is 1. The fourth-order valence-electron chi connectivity index (χ4n) is 2.52. The number of non-ortho nitro benzene ring substituents is 1. The average molecular weight is 425 g/mol. The molecule has 0 amide bonds. The third kappa shape index (κ3) is 4.07. The van der Waals surface area contributed by atoms with Crippen LogP contribution in [0.15, 0.2) is 63.5 Å². The first-order valence-corrected chi connectivity index (χ1v) is 8.61. The second-order valence-electron chi connectivity index (χ2n) is 5.52. The molecule has 0 aliphatic heterocycles. The average Bonchev–Trinajstić information content (AvgIpc) is 3.14. The second-order valence-corrected chi connectivity index (χ2v) is 6.44. The molecule has 134 valence electrons. The summed E-state index contributed by atoms with van der Waals surface area (Å²) >= 11 is 3.37. The van der Waals surface area contributed by atoms with E-state index < -0.39 is 4.92 Å². The van der Waals surface area contributed by atoms with Crippen molar-refractivity contribution in [3.05, 3.63) is 80.5 Å². The van der Waals surface area contributed by atoms with Crippen LogP contribution in [0.1, 0.15) is 11.3 Å². The van der Waals surface area contributed by atoms with Crippen molar-refractivity contribution in [3.63, 3.8) is 0 Å². The molecule has 0 radical (unpaired) electrons. The lowest BCUT2D eigenvalue weighted by Gasteiger charge is -2.05. The first kappa shape index (κ1) is 18.4. The van der Waals surface area contributed by atoms with E-state index >= 15 is 0 Å². The van der Waals surface area contributed by atoms with Gasteiger partial charge in [0.1, 0.15) is 17.3 Å². The predicted octanol–water partition coefficient (Wildman–Crippen LogP) is 5.69. The standard InChI is InChI=1S/C20H13BrN2O4/c1-26-20-11-16(23(24)25)6-8-18(20)19-9-7-17(27-19)10-14(12-22)13-2-4-15(21)5-3-13/h2-11H,1H3/b14-10+. The number of nitro benzene ring substituents is 1. The summed E-state index contributed by atoms with van der Waals surface area (Å²) < 4.78 is 12.0. The van der Waals surface area contributed by atoms with Crippen molar-refractivity contribution in [2.45, 2.75) is 0 Å². The van der Waals surface area contributed by atoms with Crippen molar-refractivity contribution in [2.24, 2.45) is 0 Å². The van der Waals surface area contributed by atoms with Crippen LogP contribution < -0.4 is 4.74 Å². The Kier molecular flexibility index (Phi) is 5.38. The molecule has 0 saturated carbocycles. The predicted molar refractivity (Wildman–Crippen MR) is 105 cm³/mol. The molecule has 0 saturated heterocycles. The highest BCUT2D eigenvalue weighted by Gasteiger charge is 2.15. The number of hydrogen-bond acceptors (Lipinski definition) is 5. The van der Waals surface area contributed by atoms with Gasteiger partial charge < -0.3 is 9.15 Å². The molecule has 3 aromatic rings. The summed E-state index contributed by atoms with van der Waals surface area (Å²) in [7, 11) is 1.44. The molecule has 1 aromatic heterocycles. The van der Waals surface area contributed by atoms with Crippen LogP contribution in [-0.2, 0) is 0 Å². The molecule has 0 spiro atoms. The van der Waals surface area contributed by atoms with Gasteiger partial charge in [-0.25, -0.2) is 0 Å². The maximum atomic E-state index is 10.9. The van der Waals surface area contributed by atoms with Gasteiger partial charge in [-0.1, -0.05) is 28.1 Å². The molecule has 0 N–H and O–H groups in total. The Morgan fingerprint density at radius 2 is 1.96 bits per heavy atom. The van der Waals surface area contributed by atoms with E-state index in [9.17, 15) is 15.4 Å². The summed E-state index contributed by atoms with van der Waals surface area (Å²) in [6.45, 7) is 0. The van der Waals surface area contributed by atoms with Gasteiger partial charge in [-0.15, -0.1) is 0 Å². The first-order chi connectivity index (χ1) is 13.0. The smallest absolute Gasteiger partial charge is 0.273 e. The second kappa shape index (κ2) is 7.89. The van der Waals surface area contributed by atoms with Gasteiger partial charge in [0.15, 0.2) is 0 Å². The zero-order valence-electron chi connectivity index (χ0n) is 14.2. The molecule has 1 heterocycles. The van der Waals surface area contributed by atoms with Gasteiger partial charge in [-0.3, -0.25) is 10.1 Å². The Labute approximate surface area is 163 Å². The molecular formula is C20H13BrN2O4. The zero-order chi connectivity index (χ0) is 19.4. The van der Waals surface area contributed by atoms with Crippen molar-refractivity contribution in [2.75, 3.05) is 7.11 Å². The van der Waals surface area contributed by atoms with Crippen LogP contribution in [0.2, 0.25) is 0 Å². The van der Waals surface area contributed by atoms with Crippen LogP contribution >= 0.6 is 15.9 Å². The summed E-state index contributed by atoms with van der Waals surface area (Å²) in [5.41, 5.74) is 1.75. The minimum Gasteiger partial charge on any atom is -0.496 e. The molecule has 0 aliphatic carbocycles. The number of halogens is 1. The van der Waals surface area contributed by atoms with Crippen molar-refractivity contribution < 1.29 is 14.1 Å². The molecule has 0 aliphatic rings. The highest BCUT2D eigenvalue weighted by Crippen LogP contribution is 2.34. The topological polar surface area (TPSA) is 89.3 Å². The van der Waals surface area contributed by atoms with Gasteiger partial charge in [-0.2, -0.15) is 5.26 Å². The van der Waals surface area contributed by atoms with E-state index in [-0.39, 0.29) is 5.69 Å². The van der Waals surface area contributed by atoms with E-state index in [2.05, 4.69) is 22.0 Å². The van der Waals surface area contributed by atoms with Gasteiger partial charge in [0.25, 0.3) is 5.69 Å². The molecule has 6 nitrogen and oxygen atoms in total. The van der Waals surface area contributed by atoms with Crippen molar-refractivity contribution in [3.8, 4) is 23.1 Å². The number of methoxy groups -OCH3 is 1. The van der Waals surface area contributed by atoms with Crippen LogP contribution in [0, 0.1) is 21.4 Å². The molecular weight excluding hydrogens is 412 g/mol. The Morgan fingerprint density at radius 1 is 1.22 bits per heavy atom. The zero-order valence-corrected chi connectivity index (χ0v) is 15.8. The maximum absolute atomic E-state index is 10.9. The van der Waals surface area contributed by atoms with E-state index in [0.29, 0.717) is 28.4 Å². The Hall–Kier alpha value is -3.37. The van der Waals surface area contributed by atoms with E-state index in [1.165, 1.54) is 19.2 Å². The summed E-state index contributed by atoms with van der Waals surface area (Å²) in [5.74, 6) is 1.31. The number of nitrogens with zero attached hydrogens (tertiary/aromatic N) is 2. The van der Waals surface area contributed by atoms with Crippen molar-refractivity contribution in [1.29, 1.82) is 5.26 Å². The minimum atomic E-state index is -0.486. The largest absolute Gasteiger partial charge is 0.496 e. The molecule has 0 unspecified atom stereocenters. The minimum absolute atomic E-state index is 0.0655. The van der Waals surface area contributed by atoms with E-state index in [4.69, 9.17) is 9.15 Å². The monoisotopic (exact) mass is 424 g/mol. The van der Waals surface area contributed by atoms with Crippen molar-refractivity contribution >= 4 is 33.3 Å². The number of nitro groups is 1. The van der Waals surface area contributed by atoms with Crippen LogP contribution in [-0.4, -0.2) is 12.0 Å². The SMILES string of the molecule is COc1cc([N+](=O)[O-])ccc1-c1ccc(/C=C(\C#N)c2ccc(Br)cc2)o1. The van der Waals surface area contributed by atoms with E-state index in [0.717, 1.165) is 10.0 Å². The first-order valence-electron chi connectivity index (χ1n) is 7.82. The summed E-state index contributed by atoms with van der Waals surface area (Å²) in [6.07, 6.45) is 1.64. The molecule has 7 heteroatoms. The van der Waals surface area contributed by atoms with Crippen LogP contribution in [0.25, 0.3) is 23.0 Å². The lowest BCUT2D eigenvalue weighted by atomic mass is 10.1. The normalized spacial score (nSPS) is 11.1. The number of allylic oxidation sites excluding steroid dienone is 1. The highest BCUT2D eigenvalue weighted by atomic mass is 79.9. The molecule has 0 bridgehead atoms. The molecule has 2 aromatic carbocycles. The fraction of sp³-hybridized carbons (Fsp3) is 0.0500. The lowest BCUT2D eigenvalue weighted by Crippen LogP contribution is -1.92. The van der Waals surface area contributed by atoms with E-state index in [1.54, 1.807) is 24.3 Å². The third-order valence-electron chi connectivity index (χ3n) is 3.85. The number of rotatable bonds is 5. The highest BCUT2D eigenvalue weighted by molar-refractivity contribution is 9.10. The van der Waals surface area contributed by atoms with Crippen LogP contribution in [0.3, 0.4) is 0 Å². The molecule has 3 rings (SSSR count). The number of furan rings is 1. The third-order valence-corrected chi connectivity index (χ3v) is 4.38.